The summed E-state index contributed by atoms with van der Waals surface area (Å²) in [5, 5.41) is 10.8. The summed E-state index contributed by atoms with van der Waals surface area (Å²) >= 11 is 0. The van der Waals surface area contributed by atoms with Gasteiger partial charge in [0, 0.05) is 0 Å². The summed E-state index contributed by atoms with van der Waals surface area (Å²) in [6.07, 6.45) is 3.53. The number of carbonyl (C=O) groups excluding carboxylic acids is 2. The van der Waals surface area contributed by atoms with Crippen LogP contribution < -0.4 is 34.7 Å². The Morgan fingerprint density at radius 3 is 2.17 bits per heavy atom. The van der Waals surface area contributed by atoms with E-state index in [1.807, 2.05) is 13.8 Å². The van der Waals surface area contributed by atoms with Crippen molar-refractivity contribution in [3.05, 3.63) is 0 Å². The van der Waals surface area contributed by atoms with Gasteiger partial charge in [0.1, 0.15) is 6.10 Å². The molecule has 0 fully saturated rings. The first-order valence-electron chi connectivity index (χ1n) is 6.44. The first-order valence-corrected chi connectivity index (χ1v) is 6.44. The van der Waals surface area contributed by atoms with Crippen LogP contribution in [0.15, 0.2) is 0 Å². The minimum Gasteiger partial charge on any atom is -0.546 e. The summed E-state index contributed by atoms with van der Waals surface area (Å²) in [6, 6.07) is 0. The van der Waals surface area contributed by atoms with E-state index in [0.29, 0.717) is 12.8 Å². The molecule has 0 aromatic heterocycles. The van der Waals surface area contributed by atoms with Crippen LogP contribution in [0.1, 0.15) is 59.3 Å². The fourth-order valence-corrected chi connectivity index (χ4v) is 1.61. The van der Waals surface area contributed by atoms with Crippen molar-refractivity contribution in [2.45, 2.75) is 65.4 Å². The second-order valence-electron chi connectivity index (χ2n) is 4.43. The van der Waals surface area contributed by atoms with E-state index in [4.69, 9.17) is 4.74 Å². The van der Waals surface area contributed by atoms with Gasteiger partial charge in [0.05, 0.1) is 11.9 Å². The van der Waals surface area contributed by atoms with Crippen LogP contribution in [-0.2, 0) is 14.3 Å². The number of rotatable bonds is 9. The number of aliphatic carboxylic acids is 1. The molecule has 0 saturated heterocycles. The van der Waals surface area contributed by atoms with Gasteiger partial charge < -0.3 is 14.6 Å². The normalized spacial score (nSPS) is 13.3. The van der Waals surface area contributed by atoms with Gasteiger partial charge in [0.15, 0.2) is 0 Å². The standard InChI is InChI=1S/C13H24O4.Na/c1-4-6-7-9-11(12(14)15)17-13(16)10(3)8-5-2;/h10-11H,4-9H2,1-3H3,(H,14,15);/q;+1/p-1. The maximum Gasteiger partial charge on any atom is 1.00 e. The van der Waals surface area contributed by atoms with Crippen LogP contribution >= 0.6 is 0 Å². The van der Waals surface area contributed by atoms with Gasteiger partial charge in [0.25, 0.3) is 0 Å². The first-order chi connectivity index (χ1) is 8.02. The summed E-state index contributed by atoms with van der Waals surface area (Å²) < 4.78 is 4.97. The number of carboxylic acids is 1. The molecule has 0 amide bonds. The van der Waals surface area contributed by atoms with Crippen LogP contribution in [0.3, 0.4) is 0 Å². The quantitative estimate of drug-likeness (QED) is 0.295. The molecule has 0 aromatic rings. The fourth-order valence-electron chi connectivity index (χ4n) is 1.61. The van der Waals surface area contributed by atoms with E-state index in [0.717, 1.165) is 25.7 Å². The molecule has 2 unspecified atom stereocenters. The molecular weight excluding hydrogens is 243 g/mol. The van der Waals surface area contributed by atoms with E-state index in [-0.39, 0.29) is 35.5 Å². The SMILES string of the molecule is CCCCCC(OC(=O)C(C)CCC)C(=O)[O-].[Na+]. The zero-order valence-electron chi connectivity index (χ0n) is 12.0. The topological polar surface area (TPSA) is 66.4 Å². The van der Waals surface area contributed by atoms with Gasteiger partial charge in [-0.15, -0.1) is 0 Å². The number of esters is 1. The van der Waals surface area contributed by atoms with Gasteiger partial charge in [-0.3, -0.25) is 4.79 Å². The Kier molecular flexibility index (Phi) is 13.5. The van der Waals surface area contributed by atoms with Crippen molar-refractivity contribution in [3.8, 4) is 0 Å². The van der Waals surface area contributed by atoms with E-state index in [9.17, 15) is 14.7 Å². The van der Waals surface area contributed by atoms with Crippen LogP contribution in [0.4, 0.5) is 0 Å². The van der Waals surface area contributed by atoms with Crippen molar-refractivity contribution in [2.75, 3.05) is 0 Å². The molecule has 0 bridgehead atoms. The molecule has 18 heavy (non-hydrogen) atoms. The Labute approximate surface area is 132 Å². The van der Waals surface area contributed by atoms with Crippen molar-refractivity contribution in [1.29, 1.82) is 0 Å². The smallest absolute Gasteiger partial charge is 0.546 e. The predicted molar refractivity (Wildman–Crippen MR) is 63.1 cm³/mol. The Morgan fingerprint density at radius 1 is 1.11 bits per heavy atom. The van der Waals surface area contributed by atoms with E-state index in [1.54, 1.807) is 6.92 Å². The Balaban J connectivity index is 0. The zero-order chi connectivity index (χ0) is 13.3. The van der Waals surface area contributed by atoms with Crippen molar-refractivity contribution in [3.63, 3.8) is 0 Å². The van der Waals surface area contributed by atoms with E-state index in [2.05, 4.69) is 0 Å². The Morgan fingerprint density at radius 2 is 1.72 bits per heavy atom. The summed E-state index contributed by atoms with van der Waals surface area (Å²) in [5.41, 5.74) is 0. The van der Waals surface area contributed by atoms with Crippen LogP contribution in [0.25, 0.3) is 0 Å². The number of ether oxygens (including phenoxy) is 1. The number of unbranched alkanes of at least 4 members (excludes halogenated alkanes) is 2. The molecule has 0 rings (SSSR count). The van der Waals surface area contributed by atoms with E-state index in [1.165, 1.54) is 0 Å². The van der Waals surface area contributed by atoms with Crippen LogP contribution in [-0.4, -0.2) is 18.0 Å². The average Bonchev–Trinajstić information content (AvgIpc) is 2.27. The molecular formula is C13H23NaO4. The summed E-state index contributed by atoms with van der Waals surface area (Å²) in [5.74, 6) is -1.97. The number of carboxylic acid groups (broad SMARTS) is 1. The molecule has 0 aliphatic heterocycles. The molecule has 0 aliphatic carbocycles. The third kappa shape index (κ3) is 8.95. The second kappa shape index (κ2) is 12.0. The second-order valence-corrected chi connectivity index (χ2v) is 4.43. The van der Waals surface area contributed by atoms with E-state index < -0.39 is 18.0 Å². The molecule has 4 nitrogen and oxygen atoms in total. The number of hydrogen-bond donors (Lipinski definition) is 0. The monoisotopic (exact) mass is 266 g/mol. The third-order valence-corrected chi connectivity index (χ3v) is 2.72. The Bertz CT molecular complexity index is 243. The van der Waals surface area contributed by atoms with Gasteiger partial charge in [-0.2, -0.15) is 0 Å². The molecule has 2 atom stereocenters. The van der Waals surface area contributed by atoms with Crippen LogP contribution in [0, 0.1) is 5.92 Å². The molecule has 0 aliphatic rings. The minimum absolute atomic E-state index is 0. The molecule has 0 spiro atoms. The van der Waals surface area contributed by atoms with Gasteiger partial charge in [-0.25, -0.2) is 0 Å². The van der Waals surface area contributed by atoms with Crippen LogP contribution in [0.2, 0.25) is 0 Å². The molecule has 5 heteroatoms. The molecule has 0 radical (unpaired) electrons. The van der Waals surface area contributed by atoms with Crippen molar-refractivity contribution in [2.24, 2.45) is 5.92 Å². The minimum atomic E-state index is -1.29. The predicted octanol–water partition coefficient (Wildman–Crippen LogP) is -1.33. The van der Waals surface area contributed by atoms with Crippen molar-refractivity contribution < 1.29 is 49.0 Å². The van der Waals surface area contributed by atoms with Crippen LogP contribution in [0.5, 0.6) is 0 Å². The largest absolute Gasteiger partial charge is 1.00 e. The maximum atomic E-state index is 11.6. The molecule has 0 N–H and O–H groups in total. The fraction of sp³-hybridized carbons (Fsp3) is 0.846. The maximum absolute atomic E-state index is 11.6. The van der Waals surface area contributed by atoms with Gasteiger partial charge in [-0.05, 0) is 19.3 Å². The summed E-state index contributed by atoms with van der Waals surface area (Å²) in [4.78, 5) is 22.4. The molecule has 100 valence electrons. The molecule has 0 saturated carbocycles. The summed E-state index contributed by atoms with van der Waals surface area (Å²) in [6.45, 7) is 5.76. The van der Waals surface area contributed by atoms with Gasteiger partial charge >= 0.3 is 35.5 Å². The third-order valence-electron chi connectivity index (χ3n) is 2.72. The van der Waals surface area contributed by atoms with Gasteiger partial charge in [0.2, 0.25) is 0 Å². The van der Waals surface area contributed by atoms with Crippen molar-refractivity contribution >= 4 is 11.9 Å². The Hall–Kier alpha value is -0.0600. The zero-order valence-corrected chi connectivity index (χ0v) is 14.0. The number of hydrogen-bond acceptors (Lipinski definition) is 4. The molecule has 0 aromatic carbocycles. The van der Waals surface area contributed by atoms with Crippen molar-refractivity contribution in [1.82, 2.24) is 0 Å². The molecule has 0 heterocycles. The average molecular weight is 266 g/mol. The first kappa shape index (κ1) is 20.3. The van der Waals surface area contributed by atoms with E-state index >= 15 is 0 Å². The number of carbonyl (C=O) groups is 2. The summed E-state index contributed by atoms with van der Waals surface area (Å²) in [7, 11) is 0. The van der Waals surface area contributed by atoms with Gasteiger partial charge in [-0.1, -0.05) is 40.0 Å².